The van der Waals surface area contributed by atoms with Crippen molar-refractivity contribution in [3.05, 3.63) is 0 Å². The van der Waals surface area contributed by atoms with Gasteiger partial charge in [0.15, 0.2) is 0 Å². The van der Waals surface area contributed by atoms with Gasteiger partial charge >= 0.3 is 0 Å². The van der Waals surface area contributed by atoms with Crippen LogP contribution in [-0.2, 0) is 0 Å². The Kier molecular flexibility index (Phi) is 1.88. The van der Waals surface area contributed by atoms with Crippen LogP contribution in [0.5, 0.6) is 0 Å². The molecular weight excluding hydrogens is 140 g/mol. The predicted octanol–water partition coefficient (Wildman–Crippen LogP) is 2.36. The smallest absolute Gasteiger partial charge is 0.246 e. The Morgan fingerprint density at radius 1 is 1.25 bits per heavy atom. The van der Waals surface area contributed by atoms with Gasteiger partial charge in [0.2, 0.25) is 4.45 Å². The third-order valence-electron chi connectivity index (χ3n) is 1.23. The predicted molar refractivity (Wildman–Crippen MR) is 39.5 cm³/mol. The van der Waals surface area contributed by atoms with Crippen molar-refractivity contribution < 1.29 is 4.79 Å². The first-order valence-electron chi connectivity index (χ1n) is 2.57. The van der Waals surface area contributed by atoms with Crippen LogP contribution in [0, 0.1) is 0 Å². The molecule has 3 heteroatoms. The third-order valence-corrected chi connectivity index (χ3v) is 3.92. The summed E-state index contributed by atoms with van der Waals surface area (Å²) in [5, 5.41) is 1.04. The second kappa shape index (κ2) is 2.31. The quantitative estimate of drug-likeness (QED) is 0.525. The van der Waals surface area contributed by atoms with E-state index in [1.165, 1.54) is 23.5 Å². The second-order valence-corrected chi connectivity index (χ2v) is 4.85. The number of hydrogen-bond acceptors (Lipinski definition) is 3. The molecule has 1 fully saturated rings. The molecule has 0 radical (unpaired) electrons. The Bertz CT molecular complexity index is 101. The van der Waals surface area contributed by atoms with E-state index >= 15 is 0 Å². The molecule has 0 aromatic heterocycles. The van der Waals surface area contributed by atoms with Crippen LogP contribution in [-0.4, -0.2) is 14.9 Å². The molecule has 1 saturated heterocycles. The molecule has 1 nitrogen and oxygen atoms in total. The monoisotopic (exact) mass is 148 g/mol. The summed E-state index contributed by atoms with van der Waals surface area (Å²) in [6.45, 7) is 4.18. The van der Waals surface area contributed by atoms with E-state index in [0.717, 1.165) is 0 Å². The van der Waals surface area contributed by atoms with Gasteiger partial charge in [0, 0.05) is 10.5 Å². The highest BCUT2D eigenvalue weighted by atomic mass is 32.2. The summed E-state index contributed by atoms with van der Waals surface area (Å²) in [4.78, 5) is 10.6. The fourth-order valence-corrected chi connectivity index (χ4v) is 2.98. The van der Waals surface area contributed by atoms with E-state index in [4.69, 9.17) is 0 Å². The van der Waals surface area contributed by atoms with Crippen LogP contribution in [0.25, 0.3) is 0 Å². The zero-order valence-electron chi connectivity index (χ0n) is 4.88. The molecule has 0 unspecified atom stereocenters. The van der Waals surface area contributed by atoms with Crippen LogP contribution in [0.3, 0.4) is 0 Å². The molecule has 0 aromatic rings. The van der Waals surface area contributed by atoms with Crippen molar-refractivity contribution in [2.45, 2.75) is 24.3 Å². The Labute approximate surface area is 57.6 Å². The third kappa shape index (κ3) is 1.20. The van der Waals surface area contributed by atoms with Gasteiger partial charge in [-0.3, -0.25) is 4.79 Å². The van der Waals surface area contributed by atoms with Crippen molar-refractivity contribution in [3.8, 4) is 0 Å². The normalized spacial score (nSPS) is 38.5. The number of carbonyl (C=O) groups is 1. The number of hydrogen-bond donors (Lipinski definition) is 0. The minimum atomic E-state index is 0.282. The summed E-state index contributed by atoms with van der Waals surface area (Å²) in [5.41, 5.74) is 0. The maximum Gasteiger partial charge on any atom is 0.246 e. The first kappa shape index (κ1) is 6.49. The fourth-order valence-electron chi connectivity index (χ4n) is 0.523. The molecule has 0 spiro atoms. The first-order valence-corrected chi connectivity index (χ1v) is 4.33. The van der Waals surface area contributed by atoms with Crippen LogP contribution in [0.2, 0.25) is 0 Å². The maximum atomic E-state index is 10.6. The summed E-state index contributed by atoms with van der Waals surface area (Å²) < 4.78 is 0.282. The zero-order chi connectivity index (χ0) is 6.15. The molecule has 46 valence electrons. The highest BCUT2D eigenvalue weighted by Gasteiger charge is 2.27. The topological polar surface area (TPSA) is 17.1 Å². The summed E-state index contributed by atoms with van der Waals surface area (Å²) in [6.07, 6.45) is 0. The van der Waals surface area contributed by atoms with Gasteiger partial charge in [-0.1, -0.05) is 37.4 Å². The molecule has 0 bridgehead atoms. The van der Waals surface area contributed by atoms with Crippen molar-refractivity contribution >= 4 is 28.0 Å². The highest BCUT2D eigenvalue weighted by molar-refractivity contribution is 8.41. The molecule has 8 heavy (non-hydrogen) atoms. The molecule has 1 aliphatic rings. The fraction of sp³-hybridized carbons (Fsp3) is 0.800. The molecule has 1 aliphatic heterocycles. The van der Waals surface area contributed by atoms with Crippen molar-refractivity contribution in [2.24, 2.45) is 0 Å². The number of rotatable bonds is 0. The van der Waals surface area contributed by atoms with E-state index in [0.29, 0.717) is 10.5 Å². The lowest BCUT2D eigenvalue weighted by atomic mass is 10.4. The summed E-state index contributed by atoms with van der Waals surface area (Å²) in [7, 11) is 0. The van der Waals surface area contributed by atoms with E-state index < -0.39 is 0 Å². The van der Waals surface area contributed by atoms with E-state index in [-0.39, 0.29) is 4.45 Å². The minimum Gasteiger partial charge on any atom is -0.274 e. The highest BCUT2D eigenvalue weighted by Crippen LogP contribution is 2.38. The van der Waals surface area contributed by atoms with Gasteiger partial charge < -0.3 is 0 Å². The zero-order valence-corrected chi connectivity index (χ0v) is 6.51. The van der Waals surface area contributed by atoms with E-state index in [1.807, 2.05) is 0 Å². The lowest BCUT2D eigenvalue weighted by molar-refractivity contribution is 0.277. The SMILES string of the molecule is C[C@H]1SC(=O)S[C@@H]1C. The Balaban J connectivity index is 2.51. The van der Waals surface area contributed by atoms with Crippen molar-refractivity contribution in [2.75, 3.05) is 0 Å². The van der Waals surface area contributed by atoms with Gasteiger partial charge in [-0.05, 0) is 0 Å². The van der Waals surface area contributed by atoms with Crippen molar-refractivity contribution in [1.29, 1.82) is 0 Å². The summed E-state index contributed by atoms with van der Waals surface area (Å²) in [6, 6.07) is 0. The lowest BCUT2D eigenvalue weighted by Crippen LogP contribution is -2.04. The average Bonchev–Trinajstić information content (AvgIpc) is 1.85. The minimum absolute atomic E-state index is 0.282. The molecule has 0 N–H and O–H groups in total. The first-order chi connectivity index (χ1) is 3.70. The van der Waals surface area contributed by atoms with Gasteiger partial charge in [0.25, 0.3) is 0 Å². The summed E-state index contributed by atoms with van der Waals surface area (Å²) >= 11 is 2.91. The molecule has 0 aromatic carbocycles. The van der Waals surface area contributed by atoms with Gasteiger partial charge in [0.05, 0.1) is 0 Å². The maximum absolute atomic E-state index is 10.6. The van der Waals surface area contributed by atoms with Crippen LogP contribution in [0.4, 0.5) is 4.79 Å². The standard InChI is InChI=1S/C5H8OS2/c1-3-4(2)8-5(6)7-3/h3-4H,1-2H3/t3-,4-/m1/s1. The molecule has 1 rings (SSSR count). The lowest BCUT2D eigenvalue weighted by Gasteiger charge is -2.01. The average molecular weight is 148 g/mol. The van der Waals surface area contributed by atoms with Crippen LogP contribution >= 0.6 is 23.5 Å². The Morgan fingerprint density at radius 2 is 1.62 bits per heavy atom. The molecule has 0 aliphatic carbocycles. The largest absolute Gasteiger partial charge is 0.274 e. The van der Waals surface area contributed by atoms with Gasteiger partial charge in [0.1, 0.15) is 0 Å². The van der Waals surface area contributed by atoms with E-state index in [1.54, 1.807) is 0 Å². The summed E-state index contributed by atoms with van der Waals surface area (Å²) in [5.74, 6) is 0. The van der Waals surface area contributed by atoms with Crippen molar-refractivity contribution in [3.63, 3.8) is 0 Å². The van der Waals surface area contributed by atoms with Gasteiger partial charge in [-0.15, -0.1) is 0 Å². The number of thioether (sulfide) groups is 2. The van der Waals surface area contributed by atoms with Crippen LogP contribution in [0.15, 0.2) is 0 Å². The molecule has 1 heterocycles. The Hall–Kier alpha value is 0.370. The van der Waals surface area contributed by atoms with Gasteiger partial charge in [-0.2, -0.15) is 0 Å². The van der Waals surface area contributed by atoms with Gasteiger partial charge in [-0.25, -0.2) is 0 Å². The molecular formula is C5H8OS2. The second-order valence-electron chi connectivity index (χ2n) is 1.90. The van der Waals surface area contributed by atoms with E-state index in [9.17, 15) is 4.79 Å². The molecule has 0 amide bonds. The van der Waals surface area contributed by atoms with Crippen LogP contribution < -0.4 is 0 Å². The Morgan fingerprint density at radius 3 is 1.75 bits per heavy atom. The molecule has 0 saturated carbocycles. The number of carbonyl (C=O) groups excluding carboxylic acids is 1. The van der Waals surface area contributed by atoms with Crippen molar-refractivity contribution in [1.82, 2.24) is 0 Å². The van der Waals surface area contributed by atoms with Crippen LogP contribution in [0.1, 0.15) is 13.8 Å². The van der Waals surface area contributed by atoms with E-state index in [2.05, 4.69) is 13.8 Å². The molecule has 2 atom stereocenters.